The van der Waals surface area contributed by atoms with Crippen LogP contribution in [0.15, 0.2) is 16.7 Å². The van der Waals surface area contributed by atoms with Crippen LogP contribution in [0.1, 0.15) is 0 Å². The summed E-state index contributed by atoms with van der Waals surface area (Å²) in [6.07, 6.45) is 1.36. The molecule has 0 saturated carbocycles. The van der Waals surface area contributed by atoms with Crippen molar-refractivity contribution >= 4 is 49.9 Å². The number of ether oxygens (including phenoxy) is 1. The van der Waals surface area contributed by atoms with Crippen molar-refractivity contribution in [3.63, 3.8) is 0 Å². The van der Waals surface area contributed by atoms with E-state index in [0.29, 0.717) is 4.47 Å². The molecule has 0 aliphatic rings. The molecule has 1 aromatic rings. The van der Waals surface area contributed by atoms with Gasteiger partial charge in [0.25, 0.3) is 0 Å². The molecule has 0 spiro atoms. The van der Waals surface area contributed by atoms with E-state index in [1.54, 1.807) is 0 Å². The molecule has 0 atom stereocenters. The summed E-state index contributed by atoms with van der Waals surface area (Å²) in [6, 6.07) is 1.21. The van der Waals surface area contributed by atoms with Gasteiger partial charge in [0.1, 0.15) is 5.82 Å². The number of rotatable bonds is 1. The molecular weight excluding hydrogens is 361 g/mol. The van der Waals surface area contributed by atoms with Gasteiger partial charge in [0.15, 0.2) is 0 Å². The van der Waals surface area contributed by atoms with Crippen molar-refractivity contribution in [2.75, 3.05) is 7.11 Å². The van der Waals surface area contributed by atoms with Gasteiger partial charge in [-0.3, -0.25) is 0 Å². The molecule has 6 heteroatoms. The van der Waals surface area contributed by atoms with E-state index in [1.807, 2.05) is 0 Å². The van der Waals surface area contributed by atoms with Crippen LogP contribution in [-0.4, -0.2) is 12.1 Å². The monoisotopic (exact) mass is 365 g/mol. The summed E-state index contributed by atoms with van der Waals surface area (Å²) in [7, 11) is 1.44. The van der Waals surface area contributed by atoms with Gasteiger partial charge in [-0.15, -0.1) is 34.0 Å². The van der Waals surface area contributed by atoms with E-state index in [2.05, 4.69) is 25.7 Å². The Kier molecular flexibility index (Phi) is 8.39. The van der Waals surface area contributed by atoms with E-state index in [0.717, 1.165) is 0 Å². The molecule has 0 radical (unpaired) electrons. The fraction of sp³-hybridized carbons (Fsp3) is 0.167. The molecule has 70 valence electrons. The number of methoxy groups -OCH3 is 1. The molecule has 0 N–H and O–H groups in total. The predicted octanol–water partition coefficient (Wildman–Crippen LogP) is 3.15. The van der Waals surface area contributed by atoms with Crippen LogP contribution in [0, 0.1) is 5.82 Å². The molecule has 1 aromatic heterocycles. The summed E-state index contributed by atoms with van der Waals surface area (Å²) in [5, 5.41) is 0. The SMILES string of the molecule is Br.Br.COc1cc(F)c(Br)cn1. The zero-order valence-corrected chi connectivity index (χ0v) is 11.1. The van der Waals surface area contributed by atoms with Gasteiger partial charge >= 0.3 is 0 Å². The summed E-state index contributed by atoms with van der Waals surface area (Å²) in [6.45, 7) is 0. The van der Waals surface area contributed by atoms with Crippen LogP contribution in [0.4, 0.5) is 4.39 Å². The Labute approximate surface area is 99.2 Å². The first-order valence-corrected chi connectivity index (χ1v) is 3.38. The maximum Gasteiger partial charge on any atom is 0.215 e. The van der Waals surface area contributed by atoms with Gasteiger partial charge in [0.2, 0.25) is 5.88 Å². The zero-order valence-electron chi connectivity index (χ0n) is 6.08. The smallest absolute Gasteiger partial charge is 0.215 e. The molecule has 0 aliphatic carbocycles. The minimum Gasteiger partial charge on any atom is -0.481 e. The number of nitrogens with zero attached hydrogens (tertiary/aromatic N) is 1. The minimum atomic E-state index is -0.369. The molecule has 0 aromatic carbocycles. The van der Waals surface area contributed by atoms with E-state index in [1.165, 1.54) is 19.4 Å². The van der Waals surface area contributed by atoms with E-state index in [4.69, 9.17) is 0 Å². The Morgan fingerprint density at radius 3 is 2.50 bits per heavy atom. The Hall–Kier alpha value is 0.320. The first-order valence-electron chi connectivity index (χ1n) is 2.59. The van der Waals surface area contributed by atoms with E-state index >= 15 is 0 Å². The second kappa shape index (κ2) is 6.80. The van der Waals surface area contributed by atoms with Crippen molar-refractivity contribution in [3.8, 4) is 5.88 Å². The van der Waals surface area contributed by atoms with Gasteiger partial charge in [-0.2, -0.15) is 0 Å². The van der Waals surface area contributed by atoms with Crippen LogP contribution in [0.25, 0.3) is 0 Å². The molecule has 0 fully saturated rings. The lowest BCUT2D eigenvalue weighted by Crippen LogP contribution is -1.88. The maximum atomic E-state index is 12.6. The van der Waals surface area contributed by atoms with Crippen LogP contribution in [0.5, 0.6) is 5.88 Å². The van der Waals surface area contributed by atoms with E-state index < -0.39 is 0 Å². The van der Waals surface area contributed by atoms with E-state index in [9.17, 15) is 4.39 Å². The zero-order chi connectivity index (χ0) is 7.56. The summed E-state index contributed by atoms with van der Waals surface area (Å²) in [4.78, 5) is 3.75. The lowest BCUT2D eigenvalue weighted by atomic mass is 10.5. The predicted molar refractivity (Wildman–Crippen MR) is 59.1 cm³/mol. The second-order valence-corrected chi connectivity index (χ2v) is 2.50. The lowest BCUT2D eigenvalue weighted by molar-refractivity contribution is 0.393. The number of pyridine rings is 1. The fourth-order valence-electron chi connectivity index (χ4n) is 0.508. The van der Waals surface area contributed by atoms with Gasteiger partial charge < -0.3 is 4.74 Å². The molecule has 0 bridgehead atoms. The Morgan fingerprint density at radius 2 is 2.08 bits per heavy atom. The van der Waals surface area contributed by atoms with Gasteiger partial charge in [-0.05, 0) is 15.9 Å². The summed E-state index contributed by atoms with van der Waals surface area (Å²) in [5.41, 5.74) is 0. The Balaban J connectivity index is 0. The summed E-state index contributed by atoms with van der Waals surface area (Å²) in [5.74, 6) is -0.0902. The quantitative estimate of drug-likeness (QED) is 0.760. The molecule has 0 saturated heterocycles. The van der Waals surface area contributed by atoms with Crippen LogP contribution in [0.2, 0.25) is 0 Å². The van der Waals surface area contributed by atoms with E-state index in [-0.39, 0.29) is 45.7 Å². The third-order valence-corrected chi connectivity index (χ3v) is 1.58. The fourth-order valence-corrected chi connectivity index (χ4v) is 0.725. The van der Waals surface area contributed by atoms with Crippen molar-refractivity contribution in [1.29, 1.82) is 0 Å². The molecule has 0 unspecified atom stereocenters. The average molecular weight is 368 g/mol. The highest BCUT2D eigenvalue weighted by atomic mass is 79.9. The van der Waals surface area contributed by atoms with Crippen LogP contribution >= 0.6 is 49.9 Å². The topological polar surface area (TPSA) is 22.1 Å². The molecule has 2 nitrogen and oxygen atoms in total. The van der Waals surface area contributed by atoms with Crippen LogP contribution in [0.3, 0.4) is 0 Å². The lowest BCUT2D eigenvalue weighted by Gasteiger charge is -1.97. The molecule has 0 amide bonds. The summed E-state index contributed by atoms with van der Waals surface area (Å²) < 4.78 is 17.6. The highest BCUT2D eigenvalue weighted by Crippen LogP contribution is 2.16. The summed E-state index contributed by atoms with van der Waals surface area (Å²) >= 11 is 2.97. The molecule has 12 heavy (non-hydrogen) atoms. The third-order valence-electron chi connectivity index (χ3n) is 0.993. The van der Waals surface area contributed by atoms with Crippen molar-refractivity contribution in [2.45, 2.75) is 0 Å². The maximum absolute atomic E-state index is 12.6. The van der Waals surface area contributed by atoms with Gasteiger partial charge in [-0.25, -0.2) is 9.37 Å². The normalized spacial score (nSPS) is 7.92. The number of aromatic nitrogens is 1. The molecule has 1 heterocycles. The third kappa shape index (κ3) is 3.82. The minimum absolute atomic E-state index is 0. The van der Waals surface area contributed by atoms with Crippen molar-refractivity contribution in [3.05, 3.63) is 22.6 Å². The van der Waals surface area contributed by atoms with Crippen molar-refractivity contribution < 1.29 is 9.13 Å². The molecule has 1 rings (SSSR count). The molecular formula is C6H7Br3FNO. The molecule has 0 aliphatic heterocycles. The second-order valence-electron chi connectivity index (χ2n) is 1.64. The average Bonchev–Trinajstić information content (AvgIpc) is 1.95. The largest absolute Gasteiger partial charge is 0.481 e. The van der Waals surface area contributed by atoms with Gasteiger partial charge in [0.05, 0.1) is 11.6 Å². The first kappa shape index (κ1) is 14.8. The highest BCUT2D eigenvalue weighted by molar-refractivity contribution is 9.10. The number of hydrogen-bond acceptors (Lipinski definition) is 2. The Morgan fingerprint density at radius 1 is 1.50 bits per heavy atom. The van der Waals surface area contributed by atoms with Crippen LogP contribution < -0.4 is 4.74 Å². The number of halogens is 4. The first-order chi connectivity index (χ1) is 4.74. The standard InChI is InChI=1S/C6H5BrFNO.2BrH/c1-10-6-2-5(8)4(7)3-9-6;;/h2-3H,1H3;2*1H. The van der Waals surface area contributed by atoms with Crippen molar-refractivity contribution in [1.82, 2.24) is 4.98 Å². The van der Waals surface area contributed by atoms with Crippen LogP contribution in [-0.2, 0) is 0 Å². The van der Waals surface area contributed by atoms with Gasteiger partial charge in [0, 0.05) is 12.3 Å². The Bertz CT molecular complexity index is 246. The van der Waals surface area contributed by atoms with Gasteiger partial charge in [-0.1, -0.05) is 0 Å². The highest BCUT2D eigenvalue weighted by Gasteiger charge is 2.00. The number of hydrogen-bond donors (Lipinski definition) is 0. The van der Waals surface area contributed by atoms with Crippen molar-refractivity contribution in [2.24, 2.45) is 0 Å².